The second-order valence-corrected chi connectivity index (χ2v) is 7.31. The van der Waals surface area contributed by atoms with Gasteiger partial charge in [0.25, 0.3) is 0 Å². The van der Waals surface area contributed by atoms with Crippen LogP contribution in [-0.2, 0) is 0 Å². The van der Waals surface area contributed by atoms with Gasteiger partial charge in [0.15, 0.2) is 0 Å². The number of hydrogen-bond donors (Lipinski definition) is 0. The van der Waals surface area contributed by atoms with Gasteiger partial charge in [-0.1, -0.05) is 58.5 Å². The van der Waals surface area contributed by atoms with Crippen molar-refractivity contribution in [3.63, 3.8) is 0 Å². The molecule has 0 atom stereocenters. The number of rotatable bonds is 4. The second-order valence-electron chi connectivity index (χ2n) is 5.68. The van der Waals surface area contributed by atoms with E-state index >= 15 is 0 Å². The lowest BCUT2D eigenvalue weighted by molar-refractivity contribution is 0.417. The van der Waals surface area contributed by atoms with Crippen LogP contribution in [0, 0.1) is 0 Å². The Kier molecular flexibility index (Phi) is 5.47. The molecule has 0 aliphatic heterocycles. The zero-order valence-corrected chi connectivity index (χ0v) is 17.0. The quantitative estimate of drug-likeness (QED) is 0.317. The highest BCUT2D eigenvalue weighted by Gasteiger charge is 2.13. The highest BCUT2D eigenvalue weighted by Crippen LogP contribution is 2.34. The zero-order valence-electron chi connectivity index (χ0n) is 14.0. The highest BCUT2D eigenvalue weighted by molar-refractivity contribution is 6.42. The summed E-state index contributed by atoms with van der Waals surface area (Å²) in [5.74, 6) is 1.25. The fraction of sp³-hybridized carbons (Fsp3) is 0. The number of ether oxygens (including phenoxy) is 2. The van der Waals surface area contributed by atoms with Crippen LogP contribution in [0.5, 0.6) is 23.4 Å². The molecule has 4 rings (SSSR count). The van der Waals surface area contributed by atoms with Crippen molar-refractivity contribution < 1.29 is 9.47 Å². The fourth-order valence-corrected chi connectivity index (χ4v) is 3.02. The average Bonchev–Trinajstić information content (AvgIpc) is 2.68. The summed E-state index contributed by atoms with van der Waals surface area (Å²) in [4.78, 5) is 8.81. The van der Waals surface area contributed by atoms with Crippen molar-refractivity contribution in [2.45, 2.75) is 0 Å². The molecule has 0 saturated carbocycles. The number of para-hydroxylation sites is 1. The van der Waals surface area contributed by atoms with E-state index in [1.54, 1.807) is 36.4 Å². The van der Waals surface area contributed by atoms with Gasteiger partial charge in [-0.15, -0.1) is 0 Å². The van der Waals surface area contributed by atoms with Crippen LogP contribution in [-0.4, -0.2) is 9.97 Å². The summed E-state index contributed by atoms with van der Waals surface area (Å²) >= 11 is 24.0. The number of aromatic nitrogens is 2. The average molecular weight is 452 g/mol. The lowest BCUT2D eigenvalue weighted by Gasteiger charge is -2.11. The van der Waals surface area contributed by atoms with Crippen LogP contribution in [0.15, 0.2) is 60.7 Å². The smallest absolute Gasteiger partial charge is 0.325 e. The molecule has 0 N–H and O–H groups in total. The summed E-state index contributed by atoms with van der Waals surface area (Å²) in [6.45, 7) is 0. The highest BCUT2D eigenvalue weighted by atomic mass is 35.5. The van der Waals surface area contributed by atoms with E-state index in [2.05, 4.69) is 9.97 Å². The third-order valence-corrected chi connectivity index (χ3v) is 5.23. The molecule has 0 fully saturated rings. The fourth-order valence-electron chi connectivity index (χ4n) is 2.45. The zero-order chi connectivity index (χ0) is 19.7. The van der Waals surface area contributed by atoms with Gasteiger partial charge in [-0.2, -0.15) is 9.97 Å². The van der Waals surface area contributed by atoms with E-state index in [-0.39, 0.29) is 6.01 Å². The van der Waals surface area contributed by atoms with Crippen LogP contribution >= 0.6 is 46.4 Å². The topological polar surface area (TPSA) is 44.2 Å². The molecule has 3 aromatic carbocycles. The lowest BCUT2D eigenvalue weighted by atomic mass is 10.2. The predicted octanol–water partition coefficient (Wildman–Crippen LogP) is 7.83. The van der Waals surface area contributed by atoms with Crippen LogP contribution < -0.4 is 9.47 Å². The normalized spacial score (nSPS) is 10.9. The molecule has 4 nitrogen and oxygen atoms in total. The first kappa shape index (κ1) is 19.1. The van der Waals surface area contributed by atoms with Crippen LogP contribution in [0.3, 0.4) is 0 Å². The summed E-state index contributed by atoms with van der Waals surface area (Å²) in [5.41, 5.74) is 0.655. The minimum absolute atomic E-state index is 0.104. The third kappa shape index (κ3) is 4.10. The number of nitrogens with zero attached hydrogens (tertiary/aromatic N) is 2. The Hall–Kier alpha value is -2.24. The monoisotopic (exact) mass is 450 g/mol. The van der Waals surface area contributed by atoms with E-state index in [4.69, 9.17) is 55.9 Å². The maximum atomic E-state index is 6.07. The number of halogens is 4. The molecule has 1 aromatic heterocycles. The summed E-state index contributed by atoms with van der Waals surface area (Å²) in [6.07, 6.45) is 0. The minimum Gasteiger partial charge on any atom is -0.438 e. The molecule has 0 bridgehead atoms. The van der Waals surface area contributed by atoms with Crippen molar-refractivity contribution in [2.24, 2.45) is 0 Å². The lowest BCUT2D eigenvalue weighted by Crippen LogP contribution is -1.97. The van der Waals surface area contributed by atoms with Gasteiger partial charge >= 0.3 is 6.01 Å². The summed E-state index contributed by atoms with van der Waals surface area (Å²) in [6, 6.07) is 17.4. The molecule has 1 heterocycles. The maximum Gasteiger partial charge on any atom is 0.325 e. The first-order chi connectivity index (χ1) is 13.5. The van der Waals surface area contributed by atoms with E-state index in [1.807, 2.05) is 24.3 Å². The number of benzene rings is 3. The van der Waals surface area contributed by atoms with Crippen molar-refractivity contribution >= 4 is 57.3 Å². The molecular weight excluding hydrogens is 442 g/mol. The molecule has 140 valence electrons. The van der Waals surface area contributed by atoms with Gasteiger partial charge in [0.1, 0.15) is 11.5 Å². The molecule has 0 aliphatic rings. The summed E-state index contributed by atoms with van der Waals surface area (Å²) in [7, 11) is 0. The molecule has 4 aromatic rings. The van der Waals surface area contributed by atoms with Crippen LogP contribution in [0.1, 0.15) is 0 Å². The molecule has 0 amide bonds. The largest absolute Gasteiger partial charge is 0.438 e. The maximum absolute atomic E-state index is 6.07. The Bertz CT molecular complexity index is 1180. The van der Waals surface area contributed by atoms with Gasteiger partial charge in [0, 0.05) is 12.1 Å². The minimum atomic E-state index is 0.104. The molecule has 0 spiro atoms. The van der Waals surface area contributed by atoms with Gasteiger partial charge in [0.05, 0.1) is 31.0 Å². The second kappa shape index (κ2) is 8.02. The molecule has 0 radical (unpaired) electrons. The van der Waals surface area contributed by atoms with Gasteiger partial charge in [-0.25, -0.2) is 0 Å². The molecule has 0 aliphatic carbocycles. The Balaban J connectivity index is 1.74. The van der Waals surface area contributed by atoms with Gasteiger partial charge in [0.2, 0.25) is 5.88 Å². The molecule has 8 heteroatoms. The molecule has 28 heavy (non-hydrogen) atoms. The van der Waals surface area contributed by atoms with Crippen molar-refractivity contribution in [1.82, 2.24) is 9.97 Å². The Morgan fingerprint density at radius 2 is 1.21 bits per heavy atom. The van der Waals surface area contributed by atoms with Crippen molar-refractivity contribution in [2.75, 3.05) is 0 Å². The van der Waals surface area contributed by atoms with Crippen LogP contribution in [0.2, 0.25) is 20.1 Å². The van der Waals surface area contributed by atoms with Gasteiger partial charge < -0.3 is 9.47 Å². The molecule has 0 unspecified atom stereocenters. The first-order valence-corrected chi connectivity index (χ1v) is 9.53. The SMILES string of the molecule is Clc1ccc(Oc2nc(Oc3ccc(Cl)c(Cl)c3)c3ccccc3n2)cc1Cl. The van der Waals surface area contributed by atoms with Gasteiger partial charge in [-0.05, 0) is 36.4 Å². The molecule has 0 saturated heterocycles. The van der Waals surface area contributed by atoms with E-state index in [0.29, 0.717) is 43.0 Å². The molecular formula is C20H10Cl4N2O2. The van der Waals surface area contributed by atoms with E-state index in [9.17, 15) is 0 Å². The van der Waals surface area contributed by atoms with E-state index < -0.39 is 0 Å². The number of hydrogen-bond acceptors (Lipinski definition) is 4. The summed E-state index contributed by atoms with van der Waals surface area (Å²) < 4.78 is 11.7. The predicted molar refractivity (Wildman–Crippen MR) is 113 cm³/mol. The Morgan fingerprint density at radius 3 is 1.86 bits per heavy atom. The third-order valence-electron chi connectivity index (χ3n) is 3.75. The Labute approximate surface area is 180 Å². The van der Waals surface area contributed by atoms with E-state index in [0.717, 1.165) is 5.39 Å². The standard InChI is InChI=1S/C20H10Cl4N2O2/c21-14-7-5-11(9-16(14)23)27-19-13-3-1-2-4-18(13)25-20(26-19)28-12-6-8-15(22)17(24)10-12/h1-10H. The van der Waals surface area contributed by atoms with Crippen molar-refractivity contribution in [3.8, 4) is 23.4 Å². The Morgan fingerprint density at radius 1 is 0.607 bits per heavy atom. The van der Waals surface area contributed by atoms with Gasteiger partial charge in [-0.3, -0.25) is 0 Å². The van der Waals surface area contributed by atoms with Crippen LogP contribution in [0.4, 0.5) is 0 Å². The first-order valence-electron chi connectivity index (χ1n) is 8.02. The van der Waals surface area contributed by atoms with E-state index in [1.165, 1.54) is 0 Å². The van der Waals surface area contributed by atoms with Crippen LogP contribution in [0.25, 0.3) is 10.9 Å². The van der Waals surface area contributed by atoms with Crippen molar-refractivity contribution in [3.05, 3.63) is 80.8 Å². The van der Waals surface area contributed by atoms with Crippen molar-refractivity contribution in [1.29, 1.82) is 0 Å². The summed E-state index contributed by atoms with van der Waals surface area (Å²) in [5, 5.41) is 2.33. The number of fused-ring (bicyclic) bond motifs is 1.